The van der Waals surface area contributed by atoms with Gasteiger partial charge in [0.05, 0.1) is 12.3 Å². The zero-order valence-electron chi connectivity index (χ0n) is 15.1. The molecule has 1 aromatic carbocycles. The van der Waals surface area contributed by atoms with Crippen molar-refractivity contribution in [3.8, 4) is 5.69 Å². The van der Waals surface area contributed by atoms with E-state index in [9.17, 15) is 0 Å². The maximum Gasteiger partial charge on any atom is 0.193 e. The van der Waals surface area contributed by atoms with Crippen LogP contribution >= 0.6 is 0 Å². The first-order valence-electron chi connectivity index (χ1n) is 8.85. The van der Waals surface area contributed by atoms with Gasteiger partial charge < -0.3 is 15.0 Å². The first-order valence-corrected chi connectivity index (χ1v) is 8.85. The highest BCUT2D eigenvalue weighted by molar-refractivity contribution is 5.79. The van der Waals surface area contributed by atoms with Crippen LogP contribution in [0.1, 0.15) is 12.0 Å². The van der Waals surface area contributed by atoms with Crippen LogP contribution in [0.15, 0.2) is 47.7 Å². The van der Waals surface area contributed by atoms with E-state index in [1.807, 2.05) is 24.0 Å². The molecule has 0 saturated carbocycles. The van der Waals surface area contributed by atoms with E-state index in [0.29, 0.717) is 5.92 Å². The number of ether oxygens (including phenoxy) is 1. The molecule has 1 atom stereocenters. The summed E-state index contributed by atoms with van der Waals surface area (Å²) in [6.07, 6.45) is 5.84. The quantitative estimate of drug-likeness (QED) is 0.645. The molecule has 2 heterocycles. The Kier molecular flexibility index (Phi) is 6.06. The second-order valence-corrected chi connectivity index (χ2v) is 6.45. The number of nitrogens with zero attached hydrogens (tertiary/aromatic N) is 4. The van der Waals surface area contributed by atoms with Gasteiger partial charge in [-0.1, -0.05) is 12.1 Å². The van der Waals surface area contributed by atoms with Crippen LogP contribution < -0.4 is 5.32 Å². The summed E-state index contributed by atoms with van der Waals surface area (Å²) in [4.78, 5) is 6.58. The third-order valence-electron chi connectivity index (χ3n) is 4.53. The topological polar surface area (TPSA) is 54.7 Å². The zero-order valence-corrected chi connectivity index (χ0v) is 15.1. The Bertz CT molecular complexity index is 660. The van der Waals surface area contributed by atoms with Crippen molar-refractivity contribution in [2.45, 2.75) is 12.8 Å². The molecule has 1 aliphatic heterocycles. The average Bonchev–Trinajstić information content (AvgIpc) is 3.33. The molecule has 0 aliphatic carbocycles. The molecule has 0 radical (unpaired) electrons. The third kappa shape index (κ3) is 4.82. The number of benzene rings is 1. The second-order valence-electron chi connectivity index (χ2n) is 6.45. The SMILES string of the molecule is CN=C(NCCc1ccc(-n2cccn2)cc1)N(C)CC1CCOC1. The minimum absolute atomic E-state index is 0.610. The van der Waals surface area contributed by atoms with Gasteiger partial charge in [0.25, 0.3) is 0 Å². The van der Waals surface area contributed by atoms with Gasteiger partial charge in [0, 0.05) is 52.1 Å². The lowest BCUT2D eigenvalue weighted by Crippen LogP contribution is -2.42. The lowest BCUT2D eigenvalue weighted by atomic mass is 10.1. The van der Waals surface area contributed by atoms with E-state index in [-0.39, 0.29) is 0 Å². The predicted molar refractivity (Wildman–Crippen MR) is 100 cm³/mol. The van der Waals surface area contributed by atoms with Gasteiger partial charge >= 0.3 is 0 Å². The molecular formula is C19H27N5O. The monoisotopic (exact) mass is 341 g/mol. The molecule has 25 heavy (non-hydrogen) atoms. The first-order chi connectivity index (χ1) is 12.3. The van der Waals surface area contributed by atoms with Crippen LogP contribution in [-0.4, -0.2) is 61.0 Å². The predicted octanol–water partition coefficient (Wildman–Crippen LogP) is 1.96. The first kappa shape index (κ1) is 17.5. The van der Waals surface area contributed by atoms with Crippen LogP contribution in [0.4, 0.5) is 0 Å². The molecule has 6 nitrogen and oxygen atoms in total. The standard InChI is InChI=1S/C19H27N5O/c1-20-19(23(2)14-17-9-13-25-15-17)21-11-8-16-4-6-18(7-5-16)24-12-3-10-22-24/h3-7,10,12,17H,8-9,11,13-15H2,1-2H3,(H,20,21). The molecule has 1 unspecified atom stereocenters. The van der Waals surface area contributed by atoms with Crippen LogP contribution in [0.25, 0.3) is 5.69 Å². The lowest BCUT2D eigenvalue weighted by Gasteiger charge is -2.24. The molecule has 0 bridgehead atoms. The number of aliphatic imine (C=N–C) groups is 1. The minimum Gasteiger partial charge on any atom is -0.381 e. The average molecular weight is 341 g/mol. The number of aromatic nitrogens is 2. The maximum atomic E-state index is 5.45. The van der Waals surface area contributed by atoms with E-state index in [0.717, 1.165) is 50.8 Å². The third-order valence-corrected chi connectivity index (χ3v) is 4.53. The Morgan fingerprint density at radius 1 is 1.40 bits per heavy atom. The second kappa shape index (κ2) is 8.67. The van der Waals surface area contributed by atoms with E-state index >= 15 is 0 Å². The van der Waals surface area contributed by atoms with Crippen molar-refractivity contribution in [2.24, 2.45) is 10.9 Å². The fourth-order valence-electron chi connectivity index (χ4n) is 3.14. The fourth-order valence-corrected chi connectivity index (χ4v) is 3.14. The Morgan fingerprint density at radius 3 is 2.88 bits per heavy atom. The number of rotatable bonds is 6. The van der Waals surface area contributed by atoms with Crippen molar-refractivity contribution < 1.29 is 4.74 Å². The van der Waals surface area contributed by atoms with E-state index in [1.54, 1.807) is 6.20 Å². The van der Waals surface area contributed by atoms with Gasteiger partial charge in [0.15, 0.2) is 5.96 Å². The fraction of sp³-hybridized carbons (Fsp3) is 0.474. The molecule has 6 heteroatoms. The molecule has 1 aliphatic rings. The highest BCUT2D eigenvalue weighted by Gasteiger charge is 2.18. The van der Waals surface area contributed by atoms with Gasteiger partial charge in [-0.05, 0) is 36.6 Å². The van der Waals surface area contributed by atoms with Crippen molar-refractivity contribution in [3.63, 3.8) is 0 Å². The largest absolute Gasteiger partial charge is 0.381 e. The van der Waals surface area contributed by atoms with Crippen LogP contribution in [0.5, 0.6) is 0 Å². The molecular weight excluding hydrogens is 314 g/mol. The summed E-state index contributed by atoms with van der Waals surface area (Å²) in [5, 5.41) is 7.70. The van der Waals surface area contributed by atoms with Crippen LogP contribution in [0.2, 0.25) is 0 Å². The zero-order chi connectivity index (χ0) is 17.5. The van der Waals surface area contributed by atoms with Crippen LogP contribution in [0, 0.1) is 5.92 Å². The van der Waals surface area contributed by atoms with Gasteiger partial charge in [0.2, 0.25) is 0 Å². The molecule has 134 valence electrons. The molecule has 0 spiro atoms. The smallest absolute Gasteiger partial charge is 0.193 e. The van der Waals surface area contributed by atoms with Crippen molar-refractivity contribution in [2.75, 3.05) is 40.4 Å². The molecule has 0 amide bonds. The normalized spacial score (nSPS) is 17.7. The van der Waals surface area contributed by atoms with Crippen molar-refractivity contribution in [1.82, 2.24) is 20.0 Å². The minimum atomic E-state index is 0.610. The highest BCUT2D eigenvalue weighted by atomic mass is 16.5. The Balaban J connectivity index is 1.46. The number of hydrogen-bond acceptors (Lipinski definition) is 3. The molecule has 2 aromatic rings. The number of guanidine groups is 1. The summed E-state index contributed by atoms with van der Waals surface area (Å²) in [6.45, 7) is 3.60. The van der Waals surface area contributed by atoms with Gasteiger partial charge in [-0.3, -0.25) is 4.99 Å². The van der Waals surface area contributed by atoms with Crippen LogP contribution in [-0.2, 0) is 11.2 Å². The molecule has 1 N–H and O–H groups in total. The van der Waals surface area contributed by atoms with E-state index in [4.69, 9.17) is 4.74 Å². The Labute approximate surface area is 149 Å². The summed E-state index contributed by atoms with van der Waals surface area (Å²) in [5.41, 5.74) is 2.38. The van der Waals surface area contributed by atoms with Crippen LogP contribution in [0.3, 0.4) is 0 Å². The summed E-state index contributed by atoms with van der Waals surface area (Å²) in [5.74, 6) is 1.55. The van der Waals surface area contributed by atoms with Gasteiger partial charge in [-0.2, -0.15) is 5.10 Å². The van der Waals surface area contributed by atoms with E-state index < -0.39 is 0 Å². The van der Waals surface area contributed by atoms with Crippen molar-refractivity contribution in [1.29, 1.82) is 0 Å². The van der Waals surface area contributed by atoms with E-state index in [2.05, 4.69) is 51.6 Å². The molecule has 3 rings (SSSR count). The Morgan fingerprint density at radius 2 is 2.24 bits per heavy atom. The summed E-state index contributed by atoms with van der Waals surface area (Å²) < 4.78 is 7.32. The Hall–Kier alpha value is -2.34. The highest BCUT2D eigenvalue weighted by Crippen LogP contribution is 2.13. The lowest BCUT2D eigenvalue weighted by molar-refractivity contribution is 0.181. The summed E-state index contributed by atoms with van der Waals surface area (Å²) in [6, 6.07) is 10.4. The van der Waals surface area contributed by atoms with Gasteiger partial charge in [-0.25, -0.2) is 4.68 Å². The van der Waals surface area contributed by atoms with Gasteiger partial charge in [-0.15, -0.1) is 0 Å². The maximum absolute atomic E-state index is 5.45. The molecule has 1 aromatic heterocycles. The molecule has 1 fully saturated rings. The van der Waals surface area contributed by atoms with Gasteiger partial charge in [0.1, 0.15) is 0 Å². The molecule has 1 saturated heterocycles. The number of nitrogens with one attached hydrogen (secondary N) is 1. The number of hydrogen-bond donors (Lipinski definition) is 1. The summed E-state index contributed by atoms with van der Waals surface area (Å²) in [7, 11) is 3.93. The summed E-state index contributed by atoms with van der Waals surface area (Å²) >= 11 is 0. The van der Waals surface area contributed by atoms with Crippen molar-refractivity contribution >= 4 is 5.96 Å². The van der Waals surface area contributed by atoms with Crippen molar-refractivity contribution in [3.05, 3.63) is 48.3 Å². The van der Waals surface area contributed by atoms with E-state index in [1.165, 1.54) is 5.56 Å².